The molecule has 1 fully saturated rings. The molecule has 92 valence electrons. The van der Waals surface area contributed by atoms with E-state index in [0.29, 0.717) is 5.82 Å². The van der Waals surface area contributed by atoms with Crippen LogP contribution >= 0.6 is 0 Å². The van der Waals surface area contributed by atoms with Crippen LogP contribution in [0.15, 0.2) is 18.2 Å². The summed E-state index contributed by atoms with van der Waals surface area (Å²) in [6.07, 6.45) is 3.37. The highest BCUT2D eigenvalue weighted by molar-refractivity contribution is 5.85. The molecule has 0 aromatic carbocycles. The second-order valence-electron chi connectivity index (χ2n) is 4.17. The zero-order valence-electron chi connectivity index (χ0n) is 9.72. The summed E-state index contributed by atoms with van der Waals surface area (Å²) in [4.78, 5) is 14.8. The van der Waals surface area contributed by atoms with E-state index in [9.17, 15) is 4.79 Å². The third kappa shape index (κ3) is 2.74. The summed E-state index contributed by atoms with van der Waals surface area (Å²) >= 11 is 0. The van der Waals surface area contributed by atoms with Gasteiger partial charge < -0.3 is 15.2 Å². The van der Waals surface area contributed by atoms with Crippen molar-refractivity contribution in [3.8, 4) is 0 Å². The Bertz CT molecular complexity index is 408. The average molecular weight is 236 g/mol. The summed E-state index contributed by atoms with van der Waals surface area (Å²) in [5.74, 6) is -0.415. The number of aromatic carboxylic acids is 1. The van der Waals surface area contributed by atoms with E-state index < -0.39 is 5.97 Å². The number of methoxy groups -OCH3 is 1. The van der Waals surface area contributed by atoms with Crippen molar-refractivity contribution < 1.29 is 14.6 Å². The van der Waals surface area contributed by atoms with Crippen molar-refractivity contribution in [2.24, 2.45) is 0 Å². The molecule has 1 saturated carbocycles. The van der Waals surface area contributed by atoms with Gasteiger partial charge in [-0.15, -0.1) is 0 Å². The van der Waals surface area contributed by atoms with Crippen molar-refractivity contribution in [2.45, 2.75) is 31.4 Å². The van der Waals surface area contributed by atoms with Gasteiger partial charge in [-0.1, -0.05) is 6.07 Å². The maximum Gasteiger partial charge on any atom is 0.354 e. The van der Waals surface area contributed by atoms with E-state index in [1.165, 1.54) is 6.07 Å². The Kier molecular flexibility index (Phi) is 3.58. The first-order valence-corrected chi connectivity index (χ1v) is 5.70. The van der Waals surface area contributed by atoms with Crippen LogP contribution in [0.1, 0.15) is 29.8 Å². The van der Waals surface area contributed by atoms with Gasteiger partial charge in [0.1, 0.15) is 5.82 Å². The number of anilines is 1. The van der Waals surface area contributed by atoms with Gasteiger partial charge in [0.25, 0.3) is 0 Å². The number of ether oxygens (including phenoxy) is 1. The Balaban J connectivity index is 2.07. The van der Waals surface area contributed by atoms with Crippen molar-refractivity contribution in [3.05, 3.63) is 23.9 Å². The van der Waals surface area contributed by atoms with Crippen LogP contribution in [0.3, 0.4) is 0 Å². The fraction of sp³-hybridized carbons (Fsp3) is 0.500. The van der Waals surface area contributed by atoms with E-state index in [1.807, 2.05) is 0 Å². The highest BCUT2D eigenvalue weighted by Gasteiger charge is 2.27. The standard InChI is InChI=1S/C12H16N2O3/c1-17-10-6-2-4-8(10)13-11-7-3-5-9(14-11)12(15)16/h3,5,7-8,10H,2,4,6H2,1H3,(H,13,14)(H,15,16). The lowest BCUT2D eigenvalue weighted by Gasteiger charge is -2.20. The summed E-state index contributed by atoms with van der Waals surface area (Å²) in [6.45, 7) is 0. The van der Waals surface area contributed by atoms with Crippen LogP contribution in [-0.4, -0.2) is 35.3 Å². The highest BCUT2D eigenvalue weighted by atomic mass is 16.5. The molecule has 1 aliphatic carbocycles. The van der Waals surface area contributed by atoms with Crippen LogP contribution in [0.5, 0.6) is 0 Å². The molecule has 2 N–H and O–H groups in total. The van der Waals surface area contributed by atoms with Gasteiger partial charge in [0.15, 0.2) is 5.69 Å². The van der Waals surface area contributed by atoms with Crippen LogP contribution in [-0.2, 0) is 4.74 Å². The molecule has 2 atom stereocenters. The van der Waals surface area contributed by atoms with E-state index in [1.54, 1.807) is 19.2 Å². The normalized spacial score (nSPS) is 23.6. The quantitative estimate of drug-likeness (QED) is 0.833. The monoisotopic (exact) mass is 236 g/mol. The van der Waals surface area contributed by atoms with E-state index in [4.69, 9.17) is 9.84 Å². The predicted octanol–water partition coefficient (Wildman–Crippen LogP) is 1.76. The van der Waals surface area contributed by atoms with Crippen LogP contribution in [0.2, 0.25) is 0 Å². The van der Waals surface area contributed by atoms with Crippen LogP contribution in [0.4, 0.5) is 5.82 Å². The summed E-state index contributed by atoms with van der Waals surface area (Å²) in [5.41, 5.74) is 0.0574. The molecular weight excluding hydrogens is 220 g/mol. The summed E-state index contributed by atoms with van der Waals surface area (Å²) < 4.78 is 5.37. The molecule has 1 heterocycles. The molecule has 1 aliphatic rings. The number of carboxylic acids is 1. The number of nitrogens with zero attached hydrogens (tertiary/aromatic N) is 1. The maximum atomic E-state index is 10.8. The smallest absolute Gasteiger partial charge is 0.354 e. The van der Waals surface area contributed by atoms with Crippen molar-refractivity contribution in [2.75, 3.05) is 12.4 Å². The van der Waals surface area contributed by atoms with Gasteiger partial charge in [-0.25, -0.2) is 9.78 Å². The van der Waals surface area contributed by atoms with Crippen molar-refractivity contribution in [3.63, 3.8) is 0 Å². The molecule has 17 heavy (non-hydrogen) atoms. The highest BCUT2D eigenvalue weighted by Crippen LogP contribution is 2.24. The Morgan fingerprint density at radius 3 is 3.06 bits per heavy atom. The minimum Gasteiger partial charge on any atom is -0.477 e. The lowest BCUT2D eigenvalue weighted by molar-refractivity contribution is 0.0690. The Morgan fingerprint density at radius 1 is 1.53 bits per heavy atom. The van der Waals surface area contributed by atoms with Gasteiger partial charge in [0, 0.05) is 7.11 Å². The SMILES string of the molecule is COC1CCCC1Nc1cccc(C(=O)O)n1. The second-order valence-corrected chi connectivity index (χ2v) is 4.17. The number of carboxylic acid groups (broad SMARTS) is 1. The molecule has 5 nitrogen and oxygen atoms in total. The van der Waals surface area contributed by atoms with Crippen LogP contribution in [0, 0.1) is 0 Å². The first kappa shape index (κ1) is 11.9. The molecule has 2 rings (SSSR count). The number of carbonyl (C=O) groups is 1. The maximum absolute atomic E-state index is 10.8. The fourth-order valence-electron chi connectivity index (χ4n) is 2.20. The molecule has 2 unspecified atom stereocenters. The molecule has 0 spiro atoms. The van der Waals surface area contributed by atoms with Gasteiger partial charge in [0.2, 0.25) is 0 Å². The molecule has 0 saturated heterocycles. The van der Waals surface area contributed by atoms with E-state index in [0.717, 1.165) is 19.3 Å². The largest absolute Gasteiger partial charge is 0.477 e. The molecule has 0 radical (unpaired) electrons. The minimum atomic E-state index is -1.01. The topological polar surface area (TPSA) is 71.5 Å². The lowest BCUT2D eigenvalue weighted by Crippen LogP contribution is -2.30. The Labute approximate surface area is 99.8 Å². The van der Waals surface area contributed by atoms with E-state index in [2.05, 4.69) is 10.3 Å². The summed E-state index contributed by atoms with van der Waals surface area (Å²) in [6, 6.07) is 5.17. The summed E-state index contributed by atoms with van der Waals surface area (Å²) in [5, 5.41) is 12.1. The molecular formula is C12H16N2O3. The first-order chi connectivity index (χ1) is 8.20. The van der Waals surface area contributed by atoms with Crippen LogP contribution in [0.25, 0.3) is 0 Å². The predicted molar refractivity (Wildman–Crippen MR) is 63.3 cm³/mol. The van der Waals surface area contributed by atoms with Crippen molar-refractivity contribution >= 4 is 11.8 Å². The third-order valence-electron chi connectivity index (χ3n) is 3.06. The minimum absolute atomic E-state index is 0.0574. The van der Waals surface area contributed by atoms with Crippen LogP contribution < -0.4 is 5.32 Å². The lowest BCUT2D eigenvalue weighted by atomic mass is 10.2. The van der Waals surface area contributed by atoms with Gasteiger partial charge in [-0.3, -0.25) is 0 Å². The summed E-state index contributed by atoms with van der Waals surface area (Å²) in [7, 11) is 1.70. The number of rotatable bonds is 4. The third-order valence-corrected chi connectivity index (χ3v) is 3.06. The number of aromatic nitrogens is 1. The molecule has 0 amide bonds. The zero-order valence-corrected chi connectivity index (χ0v) is 9.72. The molecule has 0 bridgehead atoms. The van der Waals surface area contributed by atoms with Crippen molar-refractivity contribution in [1.29, 1.82) is 0 Å². The average Bonchev–Trinajstić information content (AvgIpc) is 2.76. The fourth-order valence-corrected chi connectivity index (χ4v) is 2.20. The van der Waals surface area contributed by atoms with Crippen molar-refractivity contribution in [1.82, 2.24) is 4.98 Å². The Morgan fingerprint density at radius 2 is 2.35 bits per heavy atom. The van der Waals surface area contributed by atoms with Gasteiger partial charge in [0.05, 0.1) is 12.1 Å². The molecule has 5 heteroatoms. The number of nitrogens with one attached hydrogen (secondary N) is 1. The zero-order chi connectivity index (χ0) is 12.3. The van der Waals surface area contributed by atoms with E-state index in [-0.39, 0.29) is 17.8 Å². The number of hydrogen-bond donors (Lipinski definition) is 2. The van der Waals surface area contributed by atoms with Gasteiger partial charge in [-0.2, -0.15) is 0 Å². The molecule has 1 aromatic heterocycles. The second kappa shape index (κ2) is 5.14. The van der Waals surface area contributed by atoms with Gasteiger partial charge >= 0.3 is 5.97 Å². The van der Waals surface area contributed by atoms with Gasteiger partial charge in [-0.05, 0) is 31.4 Å². The molecule has 1 aromatic rings. The van der Waals surface area contributed by atoms with E-state index >= 15 is 0 Å². The molecule has 0 aliphatic heterocycles. The number of pyridine rings is 1. The number of hydrogen-bond acceptors (Lipinski definition) is 4. The first-order valence-electron chi connectivity index (χ1n) is 5.70. The Hall–Kier alpha value is -1.62.